The van der Waals surface area contributed by atoms with Crippen LogP contribution in [0.2, 0.25) is 0 Å². The molecule has 0 radical (unpaired) electrons. The van der Waals surface area contributed by atoms with Crippen LogP contribution in [0.25, 0.3) is 0 Å². The monoisotopic (exact) mass is 260 g/mol. The maximum Gasteiger partial charge on any atom is 0.0649 e. The number of fused-ring (bicyclic) bond motifs is 2. The zero-order valence-corrected chi connectivity index (χ0v) is 12.8. The van der Waals surface area contributed by atoms with Gasteiger partial charge in [-0.3, -0.25) is 0 Å². The van der Waals surface area contributed by atoms with E-state index < -0.39 is 0 Å². The molecule has 2 aliphatic carbocycles. The first-order chi connectivity index (χ1) is 8.87. The molecule has 2 heteroatoms. The molecular formula is C17H28N2. The van der Waals surface area contributed by atoms with Gasteiger partial charge >= 0.3 is 0 Å². The minimum absolute atomic E-state index is 0.0666. The number of hydrogen-bond donors (Lipinski definition) is 2. The maximum absolute atomic E-state index is 3.87. The molecule has 2 bridgehead atoms. The summed E-state index contributed by atoms with van der Waals surface area (Å²) in [5, 5.41) is 7.34. The summed E-state index contributed by atoms with van der Waals surface area (Å²) in [4.78, 5) is 0. The van der Waals surface area contributed by atoms with E-state index in [9.17, 15) is 0 Å². The summed E-state index contributed by atoms with van der Waals surface area (Å²) in [6.45, 7) is 10.7. The van der Waals surface area contributed by atoms with Gasteiger partial charge in [0.05, 0.1) is 5.54 Å². The second-order valence-corrected chi connectivity index (χ2v) is 7.82. The minimum atomic E-state index is 0.0666. The Hall–Kier alpha value is -0.760. The first kappa shape index (κ1) is 13.2. The molecule has 1 heterocycles. The Bertz CT molecular complexity index is 423. The number of hydrogen-bond acceptors (Lipinski definition) is 2. The SMILES string of the molecule is CC1(CNC2CC3CC[C@]2(C)C3(C)C)C=CC=CN1. The van der Waals surface area contributed by atoms with Gasteiger partial charge < -0.3 is 10.6 Å². The fourth-order valence-electron chi connectivity index (χ4n) is 4.57. The average Bonchev–Trinajstić information content (AvgIpc) is 2.70. The zero-order valence-electron chi connectivity index (χ0n) is 12.8. The third-order valence-electron chi connectivity index (χ3n) is 6.59. The summed E-state index contributed by atoms with van der Waals surface area (Å²) in [5.41, 5.74) is 1.04. The molecule has 19 heavy (non-hydrogen) atoms. The average molecular weight is 260 g/mol. The highest BCUT2D eigenvalue weighted by Gasteiger charge is 2.61. The van der Waals surface area contributed by atoms with E-state index >= 15 is 0 Å². The number of rotatable bonds is 3. The Morgan fingerprint density at radius 1 is 1.21 bits per heavy atom. The zero-order chi connectivity index (χ0) is 13.7. The third kappa shape index (κ3) is 1.87. The smallest absolute Gasteiger partial charge is 0.0649 e. The van der Waals surface area contributed by atoms with Gasteiger partial charge in [-0.1, -0.05) is 32.9 Å². The van der Waals surface area contributed by atoms with Crippen molar-refractivity contribution in [2.24, 2.45) is 16.7 Å². The van der Waals surface area contributed by atoms with Crippen LogP contribution in [0.15, 0.2) is 24.4 Å². The van der Waals surface area contributed by atoms with Gasteiger partial charge in [-0.25, -0.2) is 0 Å². The van der Waals surface area contributed by atoms with Crippen LogP contribution < -0.4 is 10.6 Å². The largest absolute Gasteiger partial charge is 0.381 e. The molecule has 2 saturated carbocycles. The van der Waals surface area contributed by atoms with Crippen molar-refractivity contribution in [1.82, 2.24) is 10.6 Å². The van der Waals surface area contributed by atoms with Crippen LogP contribution in [0.1, 0.15) is 47.0 Å². The number of nitrogens with one attached hydrogen (secondary N) is 2. The van der Waals surface area contributed by atoms with Crippen LogP contribution in [-0.4, -0.2) is 18.1 Å². The fraction of sp³-hybridized carbons (Fsp3) is 0.765. The van der Waals surface area contributed by atoms with E-state index in [1.807, 2.05) is 6.20 Å². The lowest BCUT2D eigenvalue weighted by Gasteiger charge is -2.41. The molecule has 2 nitrogen and oxygen atoms in total. The molecule has 0 aromatic heterocycles. The highest BCUT2D eigenvalue weighted by molar-refractivity contribution is 5.20. The van der Waals surface area contributed by atoms with Crippen LogP contribution >= 0.6 is 0 Å². The van der Waals surface area contributed by atoms with Gasteiger partial charge in [-0.05, 0) is 55.2 Å². The summed E-state index contributed by atoms with van der Waals surface area (Å²) in [6.07, 6.45) is 12.7. The molecule has 0 spiro atoms. The van der Waals surface area contributed by atoms with Crippen molar-refractivity contribution in [3.05, 3.63) is 24.4 Å². The molecule has 3 rings (SSSR count). The molecule has 0 aromatic carbocycles. The van der Waals surface area contributed by atoms with Crippen molar-refractivity contribution in [3.63, 3.8) is 0 Å². The Labute approximate surface area is 117 Å². The van der Waals surface area contributed by atoms with Gasteiger partial charge in [0.2, 0.25) is 0 Å². The van der Waals surface area contributed by atoms with Gasteiger partial charge in [-0.2, -0.15) is 0 Å². The lowest BCUT2D eigenvalue weighted by atomic mass is 9.69. The maximum atomic E-state index is 3.87. The van der Waals surface area contributed by atoms with Gasteiger partial charge in [0.15, 0.2) is 0 Å². The van der Waals surface area contributed by atoms with Crippen molar-refractivity contribution in [2.45, 2.75) is 58.5 Å². The van der Waals surface area contributed by atoms with Crippen molar-refractivity contribution < 1.29 is 0 Å². The van der Waals surface area contributed by atoms with Gasteiger partial charge in [-0.15, -0.1) is 0 Å². The molecule has 4 atom stereocenters. The molecule has 1 aliphatic heterocycles. The molecule has 2 N–H and O–H groups in total. The number of dihydropyridines is 1. The highest BCUT2D eigenvalue weighted by atomic mass is 15.1. The van der Waals surface area contributed by atoms with Crippen molar-refractivity contribution in [3.8, 4) is 0 Å². The summed E-state index contributed by atoms with van der Waals surface area (Å²) in [5.74, 6) is 0.914. The Morgan fingerprint density at radius 3 is 2.53 bits per heavy atom. The standard InChI is InChI=1S/C17H28N2/c1-15(2)13-7-9-17(15,4)14(11-13)18-12-16(3)8-5-6-10-19-16/h5-6,8,10,13-14,18-19H,7,9,11-12H2,1-4H3/t13?,14?,16?,17-/m0/s1. The van der Waals surface area contributed by atoms with Crippen LogP contribution in [0, 0.1) is 16.7 Å². The first-order valence-corrected chi connectivity index (χ1v) is 7.73. The van der Waals surface area contributed by atoms with E-state index in [0.717, 1.165) is 12.5 Å². The molecule has 3 unspecified atom stereocenters. The fourth-order valence-corrected chi connectivity index (χ4v) is 4.57. The minimum Gasteiger partial charge on any atom is -0.381 e. The predicted molar refractivity (Wildman–Crippen MR) is 80.8 cm³/mol. The Morgan fingerprint density at radius 2 is 2.00 bits per heavy atom. The predicted octanol–water partition coefficient (Wildman–Crippen LogP) is 3.22. The quantitative estimate of drug-likeness (QED) is 0.814. The van der Waals surface area contributed by atoms with E-state index in [2.05, 4.69) is 56.6 Å². The van der Waals surface area contributed by atoms with Crippen LogP contribution in [-0.2, 0) is 0 Å². The molecule has 3 aliphatic rings. The van der Waals surface area contributed by atoms with Crippen molar-refractivity contribution in [2.75, 3.05) is 6.54 Å². The number of allylic oxidation sites excluding steroid dienone is 2. The molecular weight excluding hydrogens is 232 g/mol. The van der Waals surface area contributed by atoms with Crippen LogP contribution in [0.3, 0.4) is 0 Å². The summed E-state index contributed by atoms with van der Waals surface area (Å²) in [6, 6.07) is 0.680. The van der Waals surface area contributed by atoms with Gasteiger partial charge in [0.1, 0.15) is 0 Å². The topological polar surface area (TPSA) is 24.1 Å². The summed E-state index contributed by atoms with van der Waals surface area (Å²) >= 11 is 0. The second-order valence-electron chi connectivity index (χ2n) is 7.82. The second kappa shape index (κ2) is 4.12. The van der Waals surface area contributed by atoms with E-state index in [-0.39, 0.29) is 5.54 Å². The highest BCUT2D eigenvalue weighted by Crippen LogP contribution is 2.65. The van der Waals surface area contributed by atoms with Crippen molar-refractivity contribution >= 4 is 0 Å². The van der Waals surface area contributed by atoms with E-state index in [1.54, 1.807) is 0 Å². The molecule has 2 fully saturated rings. The van der Waals surface area contributed by atoms with E-state index in [0.29, 0.717) is 16.9 Å². The van der Waals surface area contributed by atoms with Gasteiger partial charge in [0.25, 0.3) is 0 Å². The van der Waals surface area contributed by atoms with Crippen LogP contribution in [0.4, 0.5) is 0 Å². The third-order valence-corrected chi connectivity index (χ3v) is 6.59. The van der Waals surface area contributed by atoms with Gasteiger partial charge in [0, 0.05) is 12.6 Å². The molecule has 0 amide bonds. The molecule has 0 aromatic rings. The molecule has 106 valence electrons. The Balaban J connectivity index is 1.66. The summed E-state index contributed by atoms with van der Waals surface area (Å²) < 4.78 is 0. The summed E-state index contributed by atoms with van der Waals surface area (Å²) in [7, 11) is 0. The Kier molecular flexibility index (Phi) is 2.87. The van der Waals surface area contributed by atoms with Crippen LogP contribution in [0.5, 0.6) is 0 Å². The first-order valence-electron chi connectivity index (χ1n) is 7.73. The van der Waals surface area contributed by atoms with Crippen molar-refractivity contribution in [1.29, 1.82) is 0 Å². The normalized spacial score (nSPS) is 46.5. The van der Waals surface area contributed by atoms with E-state index in [1.165, 1.54) is 19.3 Å². The lowest BCUT2D eigenvalue weighted by molar-refractivity contribution is 0.118. The lowest BCUT2D eigenvalue weighted by Crippen LogP contribution is -2.53. The van der Waals surface area contributed by atoms with E-state index in [4.69, 9.17) is 0 Å². The molecule has 0 saturated heterocycles.